The van der Waals surface area contributed by atoms with Crippen molar-refractivity contribution in [1.82, 2.24) is 20.2 Å². The van der Waals surface area contributed by atoms with Crippen LogP contribution in [0.15, 0.2) is 55.0 Å². The van der Waals surface area contributed by atoms with Crippen LogP contribution in [0.2, 0.25) is 0 Å². The van der Waals surface area contributed by atoms with Crippen molar-refractivity contribution in [2.24, 2.45) is 5.92 Å². The Morgan fingerprint density at radius 1 is 1.26 bits per heavy atom. The summed E-state index contributed by atoms with van der Waals surface area (Å²) in [5, 5.41) is 14.2. The predicted octanol–water partition coefficient (Wildman–Crippen LogP) is 2.14. The van der Waals surface area contributed by atoms with Gasteiger partial charge in [0.15, 0.2) is 6.04 Å². The number of likely N-dealkylation sites (tertiary alicyclic amines) is 1. The first-order valence-corrected chi connectivity index (χ1v) is 9.76. The number of fused-ring (bicyclic) bond motifs is 1. The monoisotopic (exact) mass is 419 g/mol. The maximum absolute atomic E-state index is 12.8. The lowest BCUT2D eigenvalue weighted by Gasteiger charge is -2.43. The molecule has 9 heteroatoms. The standard InChI is InChI=1S/C22H21N5O4/c1-12(17-11-24-10-14-4-2-3-5-15(14)17)26-22(31)27-19(21(29)30)16(20(27)28)8-13-6-7-25-18(23)9-13/h2-7,9-12,16,19H,8H2,1H3,(H2,23,25)(H,26,31)(H,29,30)/t12?,16-,19+/m1/s1. The number of rotatable bonds is 5. The molecule has 9 nitrogen and oxygen atoms in total. The Morgan fingerprint density at radius 3 is 2.77 bits per heavy atom. The molecule has 1 saturated heterocycles. The second-order valence-corrected chi connectivity index (χ2v) is 7.51. The average Bonchev–Trinajstić information content (AvgIpc) is 2.74. The molecule has 3 aromatic rings. The molecule has 1 aliphatic rings. The third kappa shape index (κ3) is 3.77. The number of carboxylic acids is 1. The number of hydrogen-bond acceptors (Lipinski definition) is 6. The van der Waals surface area contributed by atoms with Crippen LogP contribution in [0.3, 0.4) is 0 Å². The predicted molar refractivity (Wildman–Crippen MR) is 113 cm³/mol. The molecule has 31 heavy (non-hydrogen) atoms. The fraction of sp³-hybridized carbons (Fsp3) is 0.227. The summed E-state index contributed by atoms with van der Waals surface area (Å²) in [6, 6.07) is 8.39. The normalized spacial score (nSPS) is 19.0. The molecular formula is C22H21N5O4. The van der Waals surface area contributed by atoms with Crippen molar-refractivity contribution in [3.8, 4) is 0 Å². The van der Waals surface area contributed by atoms with Crippen molar-refractivity contribution in [3.63, 3.8) is 0 Å². The van der Waals surface area contributed by atoms with Crippen LogP contribution in [0.5, 0.6) is 0 Å². The molecule has 3 amide bonds. The number of β-lactam (4-membered cyclic amide) rings is 1. The van der Waals surface area contributed by atoms with Crippen molar-refractivity contribution in [3.05, 3.63) is 66.1 Å². The van der Waals surface area contributed by atoms with Gasteiger partial charge in [-0.3, -0.25) is 9.78 Å². The van der Waals surface area contributed by atoms with Gasteiger partial charge < -0.3 is 16.2 Å². The molecule has 1 aliphatic heterocycles. The summed E-state index contributed by atoms with van der Waals surface area (Å²) in [7, 11) is 0. The number of hydrogen-bond donors (Lipinski definition) is 3. The van der Waals surface area contributed by atoms with E-state index in [1.165, 1.54) is 6.20 Å². The van der Waals surface area contributed by atoms with Gasteiger partial charge in [0.25, 0.3) is 0 Å². The maximum atomic E-state index is 12.8. The number of carboxylic acid groups (broad SMARTS) is 1. The number of benzene rings is 1. The number of pyridine rings is 2. The fourth-order valence-electron chi connectivity index (χ4n) is 3.95. The van der Waals surface area contributed by atoms with Crippen LogP contribution < -0.4 is 11.1 Å². The number of imide groups is 1. The van der Waals surface area contributed by atoms with E-state index >= 15 is 0 Å². The van der Waals surface area contributed by atoms with Crippen LogP contribution in [0.25, 0.3) is 10.8 Å². The molecule has 1 aromatic carbocycles. The molecule has 2 aromatic heterocycles. The smallest absolute Gasteiger partial charge is 0.327 e. The minimum atomic E-state index is -1.25. The minimum Gasteiger partial charge on any atom is -0.480 e. The highest BCUT2D eigenvalue weighted by atomic mass is 16.4. The molecule has 1 unspecified atom stereocenters. The molecule has 0 bridgehead atoms. The molecule has 4 N–H and O–H groups in total. The third-order valence-corrected chi connectivity index (χ3v) is 5.49. The largest absolute Gasteiger partial charge is 0.480 e. The number of urea groups is 1. The highest BCUT2D eigenvalue weighted by Gasteiger charge is 2.54. The van der Waals surface area contributed by atoms with Gasteiger partial charge in [-0.2, -0.15) is 0 Å². The Morgan fingerprint density at radius 2 is 2.03 bits per heavy atom. The molecule has 0 radical (unpaired) electrons. The van der Waals surface area contributed by atoms with E-state index in [0.29, 0.717) is 5.56 Å². The summed E-state index contributed by atoms with van der Waals surface area (Å²) in [6.45, 7) is 1.76. The van der Waals surface area contributed by atoms with Gasteiger partial charge in [-0.05, 0) is 36.4 Å². The first-order chi connectivity index (χ1) is 14.9. The van der Waals surface area contributed by atoms with E-state index in [1.54, 1.807) is 31.5 Å². The van der Waals surface area contributed by atoms with Crippen LogP contribution in [0.1, 0.15) is 24.1 Å². The van der Waals surface area contributed by atoms with E-state index in [9.17, 15) is 19.5 Å². The van der Waals surface area contributed by atoms with Crippen LogP contribution in [0.4, 0.5) is 10.6 Å². The van der Waals surface area contributed by atoms with Crippen molar-refractivity contribution in [2.45, 2.75) is 25.4 Å². The van der Waals surface area contributed by atoms with Crippen molar-refractivity contribution < 1.29 is 19.5 Å². The average molecular weight is 419 g/mol. The van der Waals surface area contributed by atoms with Crippen LogP contribution in [-0.2, 0) is 16.0 Å². The number of aliphatic carboxylic acids is 1. The zero-order valence-corrected chi connectivity index (χ0v) is 16.7. The van der Waals surface area contributed by atoms with Gasteiger partial charge in [0, 0.05) is 29.5 Å². The highest BCUT2D eigenvalue weighted by Crippen LogP contribution is 2.31. The minimum absolute atomic E-state index is 0.162. The zero-order chi connectivity index (χ0) is 22.1. The second-order valence-electron chi connectivity index (χ2n) is 7.51. The lowest BCUT2D eigenvalue weighted by molar-refractivity contribution is -0.165. The number of carbonyl (C=O) groups is 3. The molecule has 4 rings (SSSR count). The van der Waals surface area contributed by atoms with E-state index in [0.717, 1.165) is 21.2 Å². The van der Waals surface area contributed by atoms with Gasteiger partial charge in [-0.1, -0.05) is 24.3 Å². The van der Waals surface area contributed by atoms with E-state index in [-0.39, 0.29) is 12.2 Å². The van der Waals surface area contributed by atoms with Crippen molar-refractivity contribution in [1.29, 1.82) is 0 Å². The summed E-state index contributed by atoms with van der Waals surface area (Å²) in [4.78, 5) is 46.2. The summed E-state index contributed by atoms with van der Waals surface area (Å²) < 4.78 is 0. The summed E-state index contributed by atoms with van der Waals surface area (Å²) in [5.41, 5.74) is 7.12. The fourth-order valence-corrected chi connectivity index (χ4v) is 3.95. The number of amides is 3. The number of nitrogens with zero attached hydrogens (tertiary/aromatic N) is 3. The third-order valence-electron chi connectivity index (χ3n) is 5.49. The Hall–Kier alpha value is -4.01. The molecule has 1 fully saturated rings. The number of anilines is 1. The number of nitrogens with two attached hydrogens (primary N) is 1. The first-order valence-electron chi connectivity index (χ1n) is 9.76. The number of carbonyl (C=O) groups excluding carboxylic acids is 2. The second kappa shape index (κ2) is 8.02. The van der Waals surface area contributed by atoms with Crippen LogP contribution in [0, 0.1) is 5.92 Å². The maximum Gasteiger partial charge on any atom is 0.327 e. The number of aromatic nitrogens is 2. The summed E-state index contributed by atoms with van der Waals surface area (Å²) in [5.74, 6) is -2.34. The number of nitrogen functional groups attached to an aromatic ring is 1. The Labute approximate surface area is 177 Å². The highest BCUT2D eigenvalue weighted by molar-refractivity contribution is 6.07. The Bertz CT molecular complexity index is 1180. The molecule has 158 valence electrons. The molecule has 0 saturated carbocycles. The van der Waals surface area contributed by atoms with Gasteiger partial charge in [-0.15, -0.1) is 0 Å². The molecule has 3 atom stereocenters. The van der Waals surface area contributed by atoms with E-state index in [4.69, 9.17) is 5.73 Å². The van der Waals surface area contributed by atoms with Gasteiger partial charge in [-0.25, -0.2) is 19.5 Å². The lowest BCUT2D eigenvalue weighted by Crippen LogP contribution is -2.68. The first kappa shape index (κ1) is 20.3. The van der Waals surface area contributed by atoms with Crippen molar-refractivity contribution >= 4 is 34.5 Å². The molecule has 3 heterocycles. The van der Waals surface area contributed by atoms with Gasteiger partial charge in [0.05, 0.1) is 12.0 Å². The van der Waals surface area contributed by atoms with Gasteiger partial charge in [0.2, 0.25) is 5.91 Å². The lowest BCUT2D eigenvalue weighted by atomic mass is 9.82. The zero-order valence-electron chi connectivity index (χ0n) is 16.7. The topological polar surface area (TPSA) is 139 Å². The van der Waals surface area contributed by atoms with Gasteiger partial charge >= 0.3 is 12.0 Å². The summed E-state index contributed by atoms with van der Waals surface area (Å²) >= 11 is 0. The van der Waals surface area contributed by atoms with E-state index in [2.05, 4.69) is 15.3 Å². The Kier molecular flexibility index (Phi) is 5.24. The van der Waals surface area contributed by atoms with Crippen molar-refractivity contribution in [2.75, 3.05) is 5.73 Å². The number of nitrogens with one attached hydrogen (secondary N) is 1. The van der Waals surface area contributed by atoms with Gasteiger partial charge in [0.1, 0.15) is 5.82 Å². The Balaban J connectivity index is 1.51. The van der Waals surface area contributed by atoms with Crippen LogP contribution >= 0.6 is 0 Å². The quantitative estimate of drug-likeness (QED) is 0.539. The SMILES string of the molecule is CC(NC(=O)N1C(=O)[C@H](Cc2ccnc(N)c2)[C@H]1C(=O)O)c1cncc2ccccc12. The molecule has 0 aliphatic carbocycles. The molecule has 0 spiro atoms. The van der Waals surface area contributed by atoms with E-state index < -0.39 is 35.9 Å². The molecular weight excluding hydrogens is 398 g/mol. The summed E-state index contributed by atoms with van der Waals surface area (Å²) in [6.07, 6.45) is 5.03. The van der Waals surface area contributed by atoms with E-state index in [1.807, 2.05) is 24.3 Å². The van der Waals surface area contributed by atoms with Crippen LogP contribution in [-0.4, -0.2) is 43.9 Å².